The molecule has 11 nitrogen and oxygen atoms in total. The molecule has 1 amide bonds. The molecule has 0 aliphatic carbocycles. The topological polar surface area (TPSA) is 178 Å². The van der Waals surface area contributed by atoms with Gasteiger partial charge in [-0.1, -0.05) is 18.2 Å². The van der Waals surface area contributed by atoms with Crippen molar-refractivity contribution in [2.24, 2.45) is 5.73 Å². The number of hydrogen-bond donors (Lipinski definition) is 5. The van der Waals surface area contributed by atoms with Gasteiger partial charge in [0, 0.05) is 41.3 Å². The number of carbonyl (C=O) groups excluding carboxylic acids is 1. The standard InChI is InChI=1S/C24H20F3N7O2.C2HF3O2/c25-24(26,27)20-11-18(8-9-30-20)36-17-3-1-2-16(10-17)31-21-12-19(33-23(29)34-21)14-4-6-15(7-5-14)32-22(35)13-28;3-2(4,5)1(6)7/h1-12H,13,28H2,(H,32,35)(H3,29,31,33,34);(H,6,7). The second-order valence-corrected chi connectivity index (χ2v) is 8.26. The fourth-order valence-corrected chi connectivity index (χ4v) is 3.17. The van der Waals surface area contributed by atoms with Crippen LogP contribution >= 0.6 is 0 Å². The normalized spacial score (nSPS) is 11.1. The lowest BCUT2D eigenvalue weighted by Crippen LogP contribution is -2.21. The number of benzene rings is 2. The Bertz CT molecular complexity index is 1580. The third kappa shape index (κ3) is 9.85. The second-order valence-electron chi connectivity index (χ2n) is 8.26. The van der Waals surface area contributed by atoms with E-state index in [1.165, 1.54) is 6.07 Å². The Morgan fingerprint density at radius 3 is 2.14 bits per heavy atom. The lowest BCUT2D eigenvalue weighted by Gasteiger charge is -2.12. The molecule has 4 rings (SSSR count). The number of alkyl halides is 6. The molecule has 0 bridgehead atoms. The maximum atomic E-state index is 12.9. The first kappa shape index (κ1) is 32.1. The number of pyridine rings is 1. The van der Waals surface area contributed by atoms with Gasteiger partial charge in [0.2, 0.25) is 11.9 Å². The van der Waals surface area contributed by atoms with E-state index in [1.54, 1.807) is 54.6 Å². The van der Waals surface area contributed by atoms with Crippen molar-refractivity contribution < 1.29 is 45.8 Å². The lowest BCUT2D eigenvalue weighted by molar-refractivity contribution is -0.192. The molecule has 4 aromatic rings. The summed E-state index contributed by atoms with van der Waals surface area (Å²) >= 11 is 0. The number of aromatic nitrogens is 3. The van der Waals surface area contributed by atoms with E-state index in [0.717, 1.165) is 17.8 Å². The van der Waals surface area contributed by atoms with Gasteiger partial charge >= 0.3 is 18.3 Å². The summed E-state index contributed by atoms with van der Waals surface area (Å²) in [6, 6.07) is 17.4. The highest BCUT2D eigenvalue weighted by atomic mass is 19.4. The summed E-state index contributed by atoms with van der Waals surface area (Å²) in [6.45, 7) is -0.122. The Morgan fingerprint density at radius 2 is 1.53 bits per heavy atom. The van der Waals surface area contributed by atoms with Crippen LogP contribution in [0.2, 0.25) is 0 Å². The van der Waals surface area contributed by atoms with Crippen LogP contribution in [0.3, 0.4) is 0 Å². The van der Waals surface area contributed by atoms with Gasteiger partial charge in [0.25, 0.3) is 0 Å². The van der Waals surface area contributed by atoms with Crippen LogP contribution < -0.4 is 26.8 Å². The fourth-order valence-electron chi connectivity index (χ4n) is 3.17. The number of carboxylic acid groups (broad SMARTS) is 1. The molecule has 43 heavy (non-hydrogen) atoms. The summed E-state index contributed by atoms with van der Waals surface area (Å²) < 4.78 is 76.1. The van der Waals surface area contributed by atoms with Gasteiger partial charge < -0.3 is 31.9 Å². The van der Waals surface area contributed by atoms with Gasteiger partial charge in [-0.15, -0.1) is 0 Å². The molecule has 7 N–H and O–H groups in total. The van der Waals surface area contributed by atoms with Crippen LogP contribution in [0.5, 0.6) is 11.5 Å². The second kappa shape index (κ2) is 13.5. The molecular weight excluding hydrogens is 588 g/mol. The summed E-state index contributed by atoms with van der Waals surface area (Å²) in [6.07, 6.45) is -8.63. The number of hydrogen-bond acceptors (Lipinski definition) is 9. The van der Waals surface area contributed by atoms with Gasteiger partial charge in [-0.3, -0.25) is 9.78 Å². The highest BCUT2D eigenvalue weighted by Gasteiger charge is 2.38. The number of halogens is 6. The smallest absolute Gasteiger partial charge is 0.475 e. The number of anilines is 4. The van der Waals surface area contributed by atoms with Crippen LogP contribution in [0.4, 0.5) is 49.5 Å². The van der Waals surface area contributed by atoms with Crippen LogP contribution in [-0.4, -0.2) is 44.7 Å². The van der Waals surface area contributed by atoms with Gasteiger partial charge in [-0.25, -0.2) is 9.78 Å². The number of carbonyl (C=O) groups is 2. The zero-order valence-electron chi connectivity index (χ0n) is 21.6. The van der Waals surface area contributed by atoms with Crippen molar-refractivity contribution in [3.63, 3.8) is 0 Å². The molecule has 0 atom stereocenters. The van der Waals surface area contributed by atoms with Crippen molar-refractivity contribution in [3.8, 4) is 22.8 Å². The quantitative estimate of drug-likeness (QED) is 0.175. The van der Waals surface area contributed by atoms with Crippen LogP contribution in [-0.2, 0) is 15.8 Å². The third-order valence-corrected chi connectivity index (χ3v) is 5.00. The van der Waals surface area contributed by atoms with Crippen LogP contribution in [0.1, 0.15) is 5.69 Å². The monoisotopic (exact) mass is 609 g/mol. The van der Waals surface area contributed by atoms with E-state index in [0.29, 0.717) is 28.6 Å². The molecule has 226 valence electrons. The van der Waals surface area contributed by atoms with E-state index in [1.807, 2.05) is 0 Å². The first-order chi connectivity index (χ1) is 20.1. The van der Waals surface area contributed by atoms with Crippen molar-refractivity contribution in [1.82, 2.24) is 15.0 Å². The van der Waals surface area contributed by atoms with Gasteiger partial charge in [0.1, 0.15) is 23.0 Å². The molecule has 0 radical (unpaired) electrons. The first-order valence-electron chi connectivity index (χ1n) is 11.8. The summed E-state index contributed by atoms with van der Waals surface area (Å²) in [5.41, 5.74) is 12.6. The van der Waals surface area contributed by atoms with Gasteiger partial charge in [0.15, 0.2) is 0 Å². The van der Waals surface area contributed by atoms with Crippen LogP contribution in [0.25, 0.3) is 11.3 Å². The summed E-state index contributed by atoms with van der Waals surface area (Å²) in [5, 5.41) is 12.9. The van der Waals surface area contributed by atoms with Crippen molar-refractivity contribution in [1.29, 1.82) is 0 Å². The van der Waals surface area contributed by atoms with Gasteiger partial charge in [-0.05, 0) is 30.3 Å². The van der Waals surface area contributed by atoms with Crippen molar-refractivity contribution >= 4 is 35.0 Å². The van der Waals surface area contributed by atoms with E-state index in [2.05, 4.69) is 25.6 Å². The number of ether oxygens (including phenoxy) is 1. The largest absolute Gasteiger partial charge is 0.490 e. The Balaban J connectivity index is 0.000000646. The number of nitrogens with zero attached hydrogens (tertiary/aromatic N) is 3. The molecule has 0 saturated heterocycles. The maximum absolute atomic E-state index is 12.9. The predicted molar refractivity (Wildman–Crippen MR) is 142 cm³/mol. The fraction of sp³-hybridized carbons (Fsp3) is 0.115. The van der Waals surface area contributed by atoms with E-state index < -0.39 is 24.0 Å². The zero-order valence-corrected chi connectivity index (χ0v) is 21.6. The average molecular weight is 609 g/mol. The molecule has 0 aliphatic heterocycles. The number of rotatable bonds is 7. The Hall–Kier alpha value is -5.45. The molecule has 0 saturated carbocycles. The molecule has 2 aromatic carbocycles. The molecule has 2 aromatic heterocycles. The minimum atomic E-state index is -5.08. The Kier molecular flexibility index (Phi) is 10.0. The average Bonchev–Trinajstić information content (AvgIpc) is 2.93. The van der Waals surface area contributed by atoms with E-state index in [9.17, 15) is 31.1 Å². The SMILES string of the molecule is NCC(=O)Nc1ccc(-c2cc(Nc3cccc(Oc4ccnc(C(F)(F)F)c4)c3)nc(N)n2)cc1.O=C(O)C(F)(F)F. The van der Waals surface area contributed by atoms with E-state index in [-0.39, 0.29) is 24.1 Å². The lowest BCUT2D eigenvalue weighted by atomic mass is 10.1. The zero-order chi connectivity index (χ0) is 31.8. The number of carboxylic acids is 1. The minimum absolute atomic E-state index is 0.00542. The summed E-state index contributed by atoms with van der Waals surface area (Å²) in [7, 11) is 0. The van der Waals surface area contributed by atoms with E-state index >= 15 is 0 Å². The number of amides is 1. The number of aliphatic carboxylic acids is 1. The summed E-state index contributed by atoms with van der Waals surface area (Å²) in [4.78, 5) is 32.1. The molecule has 17 heteroatoms. The molecule has 2 heterocycles. The molecule has 0 spiro atoms. The summed E-state index contributed by atoms with van der Waals surface area (Å²) in [5.74, 6) is -2.35. The highest BCUT2D eigenvalue weighted by Crippen LogP contribution is 2.32. The third-order valence-electron chi connectivity index (χ3n) is 5.00. The molecular formula is C26H21F6N7O4. The van der Waals surface area contributed by atoms with Crippen LogP contribution in [0.15, 0.2) is 72.9 Å². The first-order valence-corrected chi connectivity index (χ1v) is 11.8. The Labute approximate surface area is 238 Å². The predicted octanol–water partition coefficient (Wildman–Crippen LogP) is 5.21. The van der Waals surface area contributed by atoms with Crippen molar-refractivity contribution in [2.45, 2.75) is 12.4 Å². The maximum Gasteiger partial charge on any atom is 0.490 e. The molecule has 0 aliphatic rings. The highest BCUT2D eigenvalue weighted by molar-refractivity contribution is 5.92. The number of nitrogen functional groups attached to an aromatic ring is 1. The number of nitrogens with one attached hydrogen (secondary N) is 2. The van der Waals surface area contributed by atoms with Gasteiger partial charge in [-0.2, -0.15) is 31.3 Å². The number of nitrogens with two attached hydrogens (primary N) is 2. The Morgan fingerprint density at radius 1 is 0.884 bits per heavy atom. The minimum Gasteiger partial charge on any atom is -0.475 e. The van der Waals surface area contributed by atoms with E-state index in [4.69, 9.17) is 26.1 Å². The van der Waals surface area contributed by atoms with Crippen LogP contribution in [0, 0.1) is 0 Å². The van der Waals surface area contributed by atoms with Crippen molar-refractivity contribution in [3.05, 3.63) is 78.6 Å². The molecule has 0 unspecified atom stereocenters. The van der Waals surface area contributed by atoms with Gasteiger partial charge in [0.05, 0.1) is 12.2 Å². The van der Waals surface area contributed by atoms with Crippen molar-refractivity contribution in [2.75, 3.05) is 22.9 Å². The molecule has 0 fully saturated rings.